The van der Waals surface area contributed by atoms with E-state index in [2.05, 4.69) is 14.8 Å². The Morgan fingerprint density at radius 2 is 1.96 bits per heavy atom. The van der Waals surface area contributed by atoms with Gasteiger partial charge < -0.3 is 19.7 Å². The highest BCUT2D eigenvalue weighted by Gasteiger charge is 2.22. The summed E-state index contributed by atoms with van der Waals surface area (Å²) in [6, 6.07) is 3.03. The summed E-state index contributed by atoms with van der Waals surface area (Å²) in [4.78, 5) is 24.9. The van der Waals surface area contributed by atoms with E-state index < -0.39 is 24.9 Å². The lowest BCUT2D eigenvalue weighted by Gasteiger charge is -2.16. The van der Waals surface area contributed by atoms with E-state index in [-0.39, 0.29) is 29.6 Å². The Morgan fingerprint density at radius 1 is 1.24 bits per heavy atom. The average molecular weight is 382 g/mol. The monoisotopic (exact) mass is 382 g/mol. The Morgan fingerprint density at radius 3 is 2.56 bits per heavy atom. The van der Waals surface area contributed by atoms with Crippen LogP contribution in [0.1, 0.15) is 6.42 Å². The van der Waals surface area contributed by atoms with Gasteiger partial charge in [0.2, 0.25) is 5.91 Å². The minimum Gasteiger partial charge on any atom is -0.435 e. The Hall–Kier alpha value is -2.17. The molecule has 0 bridgehead atoms. The molecule has 6 nitrogen and oxygen atoms in total. The quantitative estimate of drug-likeness (QED) is 0.698. The number of benzene rings is 1. The molecule has 0 radical (unpaired) electrons. The number of carbonyl (C=O) groups is 2. The number of ether oxygens (including phenoxy) is 2. The van der Waals surface area contributed by atoms with Crippen LogP contribution in [0, 0.1) is 0 Å². The van der Waals surface area contributed by atoms with Crippen molar-refractivity contribution in [3.8, 4) is 11.5 Å². The van der Waals surface area contributed by atoms with Crippen molar-refractivity contribution in [2.75, 3.05) is 24.2 Å². The number of carbonyl (C=O) groups excluding carboxylic acids is 2. The number of amides is 2. The Bertz CT molecular complexity index is 633. The van der Waals surface area contributed by atoms with E-state index in [4.69, 9.17) is 0 Å². The summed E-state index contributed by atoms with van der Waals surface area (Å²) in [5.41, 5.74) is -0.117. The lowest BCUT2D eigenvalue weighted by molar-refractivity contribution is -0.116. The predicted octanol–water partition coefficient (Wildman–Crippen LogP) is 3.39. The summed E-state index contributed by atoms with van der Waals surface area (Å²) in [5, 5.41) is 2.23. The molecule has 2 amide bonds. The summed E-state index contributed by atoms with van der Waals surface area (Å²) in [6.07, 6.45) is -0.0459. The second kappa shape index (κ2) is 8.79. The van der Waals surface area contributed by atoms with Crippen molar-refractivity contribution in [2.45, 2.75) is 19.6 Å². The third kappa shape index (κ3) is 6.00. The van der Waals surface area contributed by atoms with Gasteiger partial charge in [0.1, 0.15) is 5.75 Å². The first kappa shape index (κ1) is 19.2. The van der Waals surface area contributed by atoms with E-state index in [1.54, 1.807) is 0 Å². The first-order valence-corrected chi connectivity index (χ1v) is 8.09. The molecule has 2 rings (SSSR count). The summed E-state index contributed by atoms with van der Waals surface area (Å²) in [7, 11) is 0. The van der Waals surface area contributed by atoms with Gasteiger partial charge in [0.25, 0.3) is 5.24 Å². The van der Waals surface area contributed by atoms with Crippen molar-refractivity contribution in [3.63, 3.8) is 0 Å². The van der Waals surface area contributed by atoms with Crippen molar-refractivity contribution in [1.82, 2.24) is 4.90 Å². The van der Waals surface area contributed by atoms with Crippen LogP contribution in [0.2, 0.25) is 0 Å². The van der Waals surface area contributed by atoms with Gasteiger partial charge >= 0.3 is 13.2 Å². The SMILES string of the molecule is O=C(CCN1CCSC1=O)Nc1ccc(OC(F)F)cc1OC(F)F. The lowest BCUT2D eigenvalue weighted by Crippen LogP contribution is -2.27. The first-order chi connectivity index (χ1) is 11.8. The molecular formula is C14H14F4N2O4S. The second-order valence-corrected chi connectivity index (χ2v) is 5.86. The fourth-order valence-electron chi connectivity index (χ4n) is 2.05. The maximum Gasteiger partial charge on any atom is 0.387 e. The molecular weight excluding hydrogens is 368 g/mol. The standard InChI is InChI=1S/C14H14F4N2O4S/c15-12(16)23-8-1-2-9(10(7-8)24-13(17)18)19-11(21)3-4-20-5-6-25-14(20)22/h1-2,7,12-13H,3-6H2,(H,19,21). The molecule has 1 fully saturated rings. The van der Waals surface area contributed by atoms with E-state index in [0.717, 1.165) is 30.0 Å². The zero-order chi connectivity index (χ0) is 18.4. The molecule has 0 unspecified atom stereocenters. The third-order valence-corrected chi connectivity index (χ3v) is 4.01. The topological polar surface area (TPSA) is 67.9 Å². The van der Waals surface area contributed by atoms with Gasteiger partial charge in [-0.05, 0) is 12.1 Å². The Balaban J connectivity index is 2.00. The van der Waals surface area contributed by atoms with Crippen molar-refractivity contribution < 1.29 is 36.6 Å². The summed E-state index contributed by atoms with van der Waals surface area (Å²) in [5.74, 6) is -0.776. The number of alkyl halides is 4. The number of halogens is 4. The summed E-state index contributed by atoms with van der Waals surface area (Å²) < 4.78 is 57.6. The minimum absolute atomic E-state index is 0.0459. The maximum atomic E-state index is 12.5. The van der Waals surface area contributed by atoms with Crippen molar-refractivity contribution >= 4 is 28.6 Å². The average Bonchev–Trinajstić information content (AvgIpc) is 2.92. The van der Waals surface area contributed by atoms with Crippen molar-refractivity contribution in [2.24, 2.45) is 0 Å². The van der Waals surface area contributed by atoms with Crippen LogP contribution in [0.15, 0.2) is 18.2 Å². The zero-order valence-electron chi connectivity index (χ0n) is 12.7. The predicted molar refractivity (Wildman–Crippen MR) is 82.4 cm³/mol. The van der Waals surface area contributed by atoms with Gasteiger partial charge in [0.15, 0.2) is 5.75 Å². The van der Waals surface area contributed by atoms with Crippen LogP contribution in [0.3, 0.4) is 0 Å². The second-order valence-electron chi connectivity index (χ2n) is 4.81. The molecule has 1 aliphatic rings. The van der Waals surface area contributed by atoms with Crippen LogP contribution in [0.4, 0.5) is 28.0 Å². The lowest BCUT2D eigenvalue weighted by atomic mass is 10.2. The maximum absolute atomic E-state index is 12.5. The summed E-state index contributed by atoms with van der Waals surface area (Å²) in [6.45, 7) is -5.61. The molecule has 0 atom stereocenters. The fraction of sp³-hybridized carbons (Fsp3) is 0.429. The number of thioether (sulfide) groups is 1. The van der Waals surface area contributed by atoms with Crippen LogP contribution in [0.5, 0.6) is 11.5 Å². The number of rotatable bonds is 8. The minimum atomic E-state index is -3.21. The summed E-state index contributed by atoms with van der Waals surface area (Å²) >= 11 is 1.15. The van der Waals surface area contributed by atoms with Gasteiger partial charge in [-0.1, -0.05) is 11.8 Å². The van der Waals surface area contributed by atoms with Crippen LogP contribution < -0.4 is 14.8 Å². The van der Waals surface area contributed by atoms with Gasteiger partial charge in [-0.2, -0.15) is 17.6 Å². The largest absolute Gasteiger partial charge is 0.435 e. The smallest absolute Gasteiger partial charge is 0.387 e. The molecule has 1 N–H and O–H groups in total. The van der Waals surface area contributed by atoms with Gasteiger partial charge in [-0.25, -0.2) is 0 Å². The van der Waals surface area contributed by atoms with Crippen LogP contribution in [-0.4, -0.2) is 48.1 Å². The molecule has 25 heavy (non-hydrogen) atoms. The number of hydrogen-bond acceptors (Lipinski definition) is 5. The van der Waals surface area contributed by atoms with Crippen LogP contribution in [-0.2, 0) is 4.79 Å². The molecule has 0 aliphatic carbocycles. The fourth-order valence-corrected chi connectivity index (χ4v) is 2.91. The molecule has 138 valence electrons. The molecule has 1 aromatic rings. The van der Waals surface area contributed by atoms with Crippen LogP contribution in [0.25, 0.3) is 0 Å². The van der Waals surface area contributed by atoms with E-state index in [1.807, 2.05) is 0 Å². The number of nitrogens with one attached hydrogen (secondary N) is 1. The van der Waals surface area contributed by atoms with E-state index in [1.165, 1.54) is 4.90 Å². The molecule has 1 aliphatic heterocycles. The number of hydrogen-bond donors (Lipinski definition) is 1. The number of nitrogens with zero attached hydrogens (tertiary/aromatic N) is 1. The first-order valence-electron chi connectivity index (χ1n) is 7.10. The number of anilines is 1. The van der Waals surface area contributed by atoms with Crippen LogP contribution >= 0.6 is 11.8 Å². The van der Waals surface area contributed by atoms with Gasteiger partial charge in [-0.3, -0.25) is 9.59 Å². The van der Waals surface area contributed by atoms with Crippen molar-refractivity contribution in [3.05, 3.63) is 18.2 Å². The molecule has 0 spiro atoms. The third-order valence-electron chi connectivity index (χ3n) is 3.12. The molecule has 0 aromatic heterocycles. The molecule has 1 aromatic carbocycles. The van der Waals surface area contributed by atoms with E-state index in [0.29, 0.717) is 12.3 Å². The Labute approximate surface area is 144 Å². The highest BCUT2D eigenvalue weighted by Crippen LogP contribution is 2.31. The van der Waals surface area contributed by atoms with Gasteiger partial charge in [0, 0.05) is 31.3 Å². The zero-order valence-corrected chi connectivity index (χ0v) is 13.5. The van der Waals surface area contributed by atoms with Gasteiger partial charge in [-0.15, -0.1) is 0 Å². The van der Waals surface area contributed by atoms with E-state index in [9.17, 15) is 27.2 Å². The molecule has 11 heteroatoms. The molecule has 1 heterocycles. The highest BCUT2D eigenvalue weighted by atomic mass is 32.2. The Kier molecular flexibility index (Phi) is 6.73. The molecule has 1 saturated heterocycles. The normalized spacial score (nSPS) is 14.3. The van der Waals surface area contributed by atoms with Gasteiger partial charge in [0.05, 0.1) is 5.69 Å². The van der Waals surface area contributed by atoms with E-state index >= 15 is 0 Å². The highest BCUT2D eigenvalue weighted by molar-refractivity contribution is 8.13. The van der Waals surface area contributed by atoms with Crippen molar-refractivity contribution in [1.29, 1.82) is 0 Å². The molecule has 0 saturated carbocycles.